The first-order chi connectivity index (χ1) is 19.9. The predicted molar refractivity (Wildman–Crippen MR) is 164 cm³/mol. The maximum Gasteiger partial charge on any atom is 0.332 e. The fourth-order valence-electron chi connectivity index (χ4n) is 4.54. The molecule has 3 aromatic carbocycles. The van der Waals surface area contributed by atoms with Crippen LogP contribution in [0, 0.1) is 0 Å². The van der Waals surface area contributed by atoms with Crippen molar-refractivity contribution in [2.75, 3.05) is 67.9 Å². The molecule has 41 heavy (non-hydrogen) atoms. The van der Waals surface area contributed by atoms with Crippen molar-refractivity contribution < 1.29 is 14.3 Å². The molecule has 10 nitrogen and oxygen atoms in total. The molecule has 0 spiro atoms. The fourth-order valence-corrected chi connectivity index (χ4v) is 4.72. The first-order valence-corrected chi connectivity index (χ1v) is 13.5. The van der Waals surface area contributed by atoms with Crippen molar-refractivity contribution >= 4 is 52.0 Å². The van der Waals surface area contributed by atoms with E-state index < -0.39 is 6.03 Å². The molecular weight excluding hydrogens is 542 g/mol. The zero-order chi connectivity index (χ0) is 28.8. The Labute approximate surface area is 244 Å². The zero-order valence-electron chi connectivity index (χ0n) is 23.2. The van der Waals surface area contributed by atoms with Crippen molar-refractivity contribution in [3.05, 3.63) is 84.1 Å². The second-order valence-corrected chi connectivity index (χ2v) is 9.91. The van der Waals surface area contributed by atoms with Crippen molar-refractivity contribution in [3.8, 4) is 11.5 Å². The number of methoxy groups -OCH3 is 2. The molecule has 0 aliphatic carbocycles. The van der Waals surface area contributed by atoms with E-state index in [2.05, 4.69) is 37.4 Å². The number of carbonyl (C=O) groups is 1. The largest absolute Gasteiger partial charge is 0.497 e. The van der Waals surface area contributed by atoms with Crippen LogP contribution in [0.15, 0.2) is 79.1 Å². The molecule has 212 valence electrons. The lowest BCUT2D eigenvalue weighted by atomic mass is 10.2. The Bertz CT molecular complexity index is 1490. The number of hydrogen-bond donors (Lipinski definition) is 2. The lowest BCUT2D eigenvalue weighted by Crippen LogP contribution is -2.44. The van der Waals surface area contributed by atoms with Gasteiger partial charge in [-0.05, 0) is 55.6 Å². The number of nitrogens with one attached hydrogen (secondary N) is 2. The Hall–Kier alpha value is -4.54. The highest BCUT2D eigenvalue weighted by atomic mass is 35.5. The van der Waals surface area contributed by atoms with Crippen LogP contribution in [0.25, 0.3) is 0 Å². The number of piperazine rings is 1. The Morgan fingerprint density at radius 1 is 0.902 bits per heavy atom. The molecule has 0 saturated carbocycles. The van der Waals surface area contributed by atoms with Crippen molar-refractivity contribution in [1.82, 2.24) is 14.9 Å². The number of amides is 2. The lowest BCUT2D eigenvalue weighted by molar-refractivity contribution is 0.259. The van der Waals surface area contributed by atoms with E-state index in [0.29, 0.717) is 45.2 Å². The molecule has 1 fully saturated rings. The molecule has 0 atom stereocenters. The zero-order valence-corrected chi connectivity index (χ0v) is 23.9. The van der Waals surface area contributed by atoms with E-state index in [4.69, 9.17) is 21.1 Å². The van der Waals surface area contributed by atoms with Gasteiger partial charge in [0.2, 0.25) is 0 Å². The van der Waals surface area contributed by atoms with Gasteiger partial charge in [-0.3, -0.25) is 0 Å². The highest BCUT2D eigenvalue weighted by molar-refractivity contribution is 6.33. The standard InChI is InChI=1S/C30H32ClN7O3/c1-36-14-16-37(17-15-36)21-8-10-22(11-9-21)38(30(39)35-25-7-5-4-6-24(25)31)29-19-28(32-20-33-29)34-26-13-12-23(40-2)18-27(26)41-3/h4-13,18-20H,14-17H2,1-3H3,(H,35,39)(H,32,33,34). The molecule has 1 aliphatic rings. The minimum absolute atomic E-state index is 0.367. The summed E-state index contributed by atoms with van der Waals surface area (Å²) in [5.74, 6) is 2.09. The average molecular weight is 574 g/mol. The number of ether oxygens (including phenoxy) is 2. The van der Waals surface area contributed by atoms with Crippen LogP contribution in [0.3, 0.4) is 0 Å². The number of para-hydroxylation sites is 1. The van der Waals surface area contributed by atoms with Gasteiger partial charge in [0, 0.05) is 44.0 Å². The van der Waals surface area contributed by atoms with Gasteiger partial charge >= 0.3 is 6.03 Å². The minimum Gasteiger partial charge on any atom is -0.497 e. The lowest BCUT2D eigenvalue weighted by Gasteiger charge is -2.34. The summed E-state index contributed by atoms with van der Waals surface area (Å²) < 4.78 is 10.8. The maximum atomic E-state index is 13.8. The Morgan fingerprint density at radius 3 is 2.37 bits per heavy atom. The number of urea groups is 1. The van der Waals surface area contributed by atoms with E-state index in [1.807, 2.05) is 48.5 Å². The van der Waals surface area contributed by atoms with Crippen molar-refractivity contribution in [1.29, 1.82) is 0 Å². The molecule has 1 saturated heterocycles. The van der Waals surface area contributed by atoms with Crippen LogP contribution in [-0.4, -0.2) is 68.3 Å². The van der Waals surface area contributed by atoms with Gasteiger partial charge in [0.15, 0.2) is 0 Å². The van der Waals surface area contributed by atoms with E-state index >= 15 is 0 Å². The molecule has 0 radical (unpaired) electrons. The number of benzene rings is 3. The van der Waals surface area contributed by atoms with Gasteiger partial charge in [0.1, 0.15) is 29.5 Å². The highest BCUT2D eigenvalue weighted by Gasteiger charge is 2.22. The van der Waals surface area contributed by atoms with E-state index in [1.165, 1.54) is 11.2 Å². The summed E-state index contributed by atoms with van der Waals surface area (Å²) in [6.07, 6.45) is 1.40. The van der Waals surface area contributed by atoms with Gasteiger partial charge in [-0.25, -0.2) is 19.7 Å². The first-order valence-electron chi connectivity index (χ1n) is 13.2. The van der Waals surface area contributed by atoms with Gasteiger partial charge in [0.25, 0.3) is 0 Å². The topological polar surface area (TPSA) is 95.1 Å². The van der Waals surface area contributed by atoms with Gasteiger partial charge in [-0.2, -0.15) is 0 Å². The summed E-state index contributed by atoms with van der Waals surface area (Å²) >= 11 is 6.35. The molecule has 11 heteroatoms. The molecule has 0 bridgehead atoms. The minimum atomic E-state index is -0.419. The molecule has 0 unspecified atom stereocenters. The van der Waals surface area contributed by atoms with Crippen LogP contribution < -0.4 is 29.9 Å². The molecule has 5 rings (SSSR count). The summed E-state index contributed by atoms with van der Waals surface area (Å²) in [6, 6.07) is 21.7. The molecule has 4 aromatic rings. The third kappa shape index (κ3) is 6.62. The SMILES string of the molecule is COc1ccc(Nc2cc(N(C(=O)Nc3ccccc3Cl)c3ccc(N4CCN(C)CC4)cc3)ncn2)c(OC)c1. The van der Waals surface area contributed by atoms with Crippen LogP contribution in [0.4, 0.5) is 39.2 Å². The van der Waals surface area contributed by atoms with Crippen LogP contribution >= 0.6 is 11.6 Å². The first kappa shape index (κ1) is 28.0. The number of likely N-dealkylation sites (N-methyl/N-ethyl adjacent to an activating group) is 1. The number of nitrogens with zero attached hydrogens (tertiary/aromatic N) is 5. The normalized spacial score (nSPS) is 13.4. The van der Waals surface area contributed by atoms with Crippen molar-refractivity contribution in [3.63, 3.8) is 0 Å². The second-order valence-electron chi connectivity index (χ2n) is 9.50. The predicted octanol–water partition coefficient (Wildman–Crippen LogP) is 6.01. The van der Waals surface area contributed by atoms with Crippen molar-refractivity contribution in [2.45, 2.75) is 0 Å². The van der Waals surface area contributed by atoms with Crippen LogP contribution in [0.5, 0.6) is 11.5 Å². The van der Waals surface area contributed by atoms with Crippen LogP contribution in [-0.2, 0) is 0 Å². The molecule has 1 aromatic heterocycles. The van der Waals surface area contributed by atoms with Gasteiger partial charge in [-0.15, -0.1) is 0 Å². The summed E-state index contributed by atoms with van der Waals surface area (Å²) in [5, 5.41) is 6.60. The van der Waals surface area contributed by atoms with Gasteiger partial charge < -0.3 is 29.9 Å². The average Bonchev–Trinajstić information content (AvgIpc) is 3.00. The van der Waals surface area contributed by atoms with Gasteiger partial charge in [-0.1, -0.05) is 23.7 Å². The number of rotatable bonds is 8. The number of anilines is 6. The van der Waals surface area contributed by atoms with Crippen LogP contribution in [0.2, 0.25) is 5.02 Å². The molecular formula is C30H32ClN7O3. The Kier molecular flexibility index (Phi) is 8.71. The monoisotopic (exact) mass is 573 g/mol. The number of hydrogen-bond acceptors (Lipinski definition) is 8. The number of aromatic nitrogens is 2. The van der Waals surface area contributed by atoms with E-state index in [1.54, 1.807) is 38.5 Å². The van der Waals surface area contributed by atoms with Crippen molar-refractivity contribution in [2.24, 2.45) is 0 Å². The molecule has 2 N–H and O–H groups in total. The summed E-state index contributed by atoms with van der Waals surface area (Å²) in [6.45, 7) is 3.90. The number of carbonyl (C=O) groups excluding carboxylic acids is 1. The fraction of sp³-hybridized carbons (Fsp3) is 0.233. The summed E-state index contributed by atoms with van der Waals surface area (Å²) in [5.41, 5.74) is 2.92. The van der Waals surface area contributed by atoms with Gasteiger partial charge in [0.05, 0.1) is 36.3 Å². The molecule has 2 heterocycles. The third-order valence-corrected chi connectivity index (χ3v) is 7.18. The number of halogens is 1. The Balaban J connectivity index is 1.46. The molecule has 1 aliphatic heterocycles. The molecule has 2 amide bonds. The van der Waals surface area contributed by atoms with E-state index in [9.17, 15) is 4.79 Å². The Morgan fingerprint density at radius 2 is 1.66 bits per heavy atom. The smallest absolute Gasteiger partial charge is 0.332 e. The van der Waals surface area contributed by atoms with E-state index in [-0.39, 0.29) is 0 Å². The quantitative estimate of drug-likeness (QED) is 0.264. The van der Waals surface area contributed by atoms with Crippen LogP contribution in [0.1, 0.15) is 0 Å². The van der Waals surface area contributed by atoms with E-state index in [0.717, 1.165) is 31.9 Å². The summed E-state index contributed by atoms with van der Waals surface area (Å²) in [7, 11) is 5.31. The summed E-state index contributed by atoms with van der Waals surface area (Å²) in [4.78, 5) is 28.7. The second kappa shape index (κ2) is 12.8. The maximum absolute atomic E-state index is 13.8. The highest BCUT2D eigenvalue weighted by Crippen LogP contribution is 2.33. The third-order valence-electron chi connectivity index (χ3n) is 6.85.